The van der Waals surface area contributed by atoms with Crippen molar-refractivity contribution in [3.63, 3.8) is 0 Å². The lowest BCUT2D eigenvalue weighted by Gasteiger charge is -2.19. The Bertz CT molecular complexity index is 475. The minimum atomic E-state index is -0.473. The highest BCUT2D eigenvalue weighted by Crippen LogP contribution is 2.06. The highest BCUT2D eigenvalue weighted by Gasteiger charge is 2.15. The number of ether oxygens (including phenoxy) is 2. The number of carbonyl (C=O) groups excluding carboxylic acids is 2. The van der Waals surface area contributed by atoms with Gasteiger partial charge < -0.3 is 20.1 Å². The molecular weight excluding hydrogens is 300 g/mol. The molecule has 0 unspecified atom stereocenters. The van der Waals surface area contributed by atoms with Gasteiger partial charge in [0.2, 0.25) is 0 Å². The van der Waals surface area contributed by atoms with E-state index in [0.717, 1.165) is 5.69 Å². The first-order valence-electron chi connectivity index (χ1n) is 7.33. The Morgan fingerprint density at radius 2 is 2.00 bits per heavy atom. The number of rotatable bonds is 6. The van der Waals surface area contributed by atoms with E-state index in [1.165, 1.54) is 0 Å². The second-order valence-corrected chi connectivity index (χ2v) is 5.45. The van der Waals surface area contributed by atoms with E-state index in [0.29, 0.717) is 32.0 Å². The van der Waals surface area contributed by atoms with Crippen molar-refractivity contribution in [3.8, 4) is 0 Å². The maximum atomic E-state index is 11.3. The molecule has 0 aliphatic heterocycles. The zero-order valence-electron chi connectivity index (χ0n) is 14.4. The summed E-state index contributed by atoms with van der Waals surface area (Å²) in [4.78, 5) is 28.8. The summed E-state index contributed by atoms with van der Waals surface area (Å²) >= 11 is 0. The SMILES string of the molecule is CCOC=O.Cc1cncc(NCCNC(=O)OC(C)(C)C)n1. The van der Waals surface area contributed by atoms with E-state index in [4.69, 9.17) is 4.74 Å². The van der Waals surface area contributed by atoms with Crippen molar-refractivity contribution in [2.45, 2.75) is 40.2 Å². The molecule has 8 heteroatoms. The maximum Gasteiger partial charge on any atom is 0.407 e. The maximum absolute atomic E-state index is 11.3. The van der Waals surface area contributed by atoms with Gasteiger partial charge in [0, 0.05) is 19.3 Å². The van der Waals surface area contributed by atoms with E-state index < -0.39 is 11.7 Å². The molecule has 0 fully saturated rings. The Hall–Kier alpha value is -2.38. The molecule has 0 aliphatic rings. The monoisotopic (exact) mass is 326 g/mol. The van der Waals surface area contributed by atoms with E-state index in [9.17, 15) is 9.59 Å². The highest BCUT2D eigenvalue weighted by molar-refractivity contribution is 5.67. The van der Waals surface area contributed by atoms with Crippen molar-refractivity contribution < 1.29 is 19.1 Å². The Balaban J connectivity index is 0.000000841. The van der Waals surface area contributed by atoms with Crippen molar-refractivity contribution in [3.05, 3.63) is 18.1 Å². The van der Waals surface area contributed by atoms with Gasteiger partial charge in [-0.15, -0.1) is 0 Å². The number of nitrogens with one attached hydrogen (secondary N) is 2. The summed E-state index contributed by atoms with van der Waals surface area (Å²) in [5, 5.41) is 5.71. The van der Waals surface area contributed by atoms with Crippen LogP contribution in [0.15, 0.2) is 12.4 Å². The van der Waals surface area contributed by atoms with Gasteiger partial charge in [-0.25, -0.2) is 9.78 Å². The number of anilines is 1. The fourth-order valence-corrected chi connectivity index (χ4v) is 1.29. The van der Waals surface area contributed by atoms with Crippen LogP contribution in [0.3, 0.4) is 0 Å². The van der Waals surface area contributed by atoms with Gasteiger partial charge in [0.25, 0.3) is 6.47 Å². The summed E-state index contributed by atoms with van der Waals surface area (Å²) in [6.45, 7) is 11.0. The molecule has 1 aromatic rings. The third kappa shape index (κ3) is 13.0. The minimum Gasteiger partial charge on any atom is -0.468 e. The van der Waals surface area contributed by atoms with Gasteiger partial charge in [-0.2, -0.15) is 0 Å². The van der Waals surface area contributed by atoms with Gasteiger partial charge in [0.05, 0.1) is 18.5 Å². The number of hydrogen-bond acceptors (Lipinski definition) is 7. The lowest BCUT2D eigenvalue weighted by molar-refractivity contribution is -0.128. The van der Waals surface area contributed by atoms with Crippen LogP contribution in [-0.2, 0) is 14.3 Å². The van der Waals surface area contributed by atoms with Gasteiger partial charge in [-0.1, -0.05) is 0 Å². The van der Waals surface area contributed by atoms with E-state index in [1.807, 2.05) is 27.7 Å². The molecule has 23 heavy (non-hydrogen) atoms. The van der Waals surface area contributed by atoms with Gasteiger partial charge in [-0.3, -0.25) is 9.78 Å². The third-order valence-electron chi connectivity index (χ3n) is 2.09. The Kier molecular flexibility index (Phi) is 10.1. The molecule has 1 amide bonds. The fourth-order valence-electron chi connectivity index (χ4n) is 1.29. The van der Waals surface area contributed by atoms with Crippen molar-refractivity contribution in [2.24, 2.45) is 0 Å². The molecule has 0 radical (unpaired) electrons. The summed E-state index contributed by atoms with van der Waals surface area (Å²) in [5.74, 6) is 0.695. The molecule has 0 aliphatic carbocycles. The zero-order chi connectivity index (χ0) is 17.7. The summed E-state index contributed by atoms with van der Waals surface area (Å²) < 4.78 is 9.26. The van der Waals surface area contributed by atoms with Crippen LogP contribution in [0.2, 0.25) is 0 Å². The molecule has 2 N–H and O–H groups in total. The van der Waals surface area contributed by atoms with Crippen molar-refractivity contribution in [2.75, 3.05) is 25.0 Å². The normalized spacial score (nSPS) is 9.96. The molecule has 0 aromatic carbocycles. The number of carbonyl (C=O) groups is 2. The first-order valence-corrected chi connectivity index (χ1v) is 7.33. The van der Waals surface area contributed by atoms with Crippen LogP contribution >= 0.6 is 0 Å². The second kappa shape index (κ2) is 11.2. The second-order valence-electron chi connectivity index (χ2n) is 5.45. The van der Waals surface area contributed by atoms with Crippen LogP contribution in [0.1, 0.15) is 33.4 Å². The molecular formula is C15H26N4O4. The predicted molar refractivity (Wildman–Crippen MR) is 87.2 cm³/mol. The summed E-state index contributed by atoms with van der Waals surface area (Å²) in [5.41, 5.74) is 0.375. The van der Waals surface area contributed by atoms with Crippen LogP contribution in [0.25, 0.3) is 0 Å². The average molecular weight is 326 g/mol. The highest BCUT2D eigenvalue weighted by atomic mass is 16.6. The number of aromatic nitrogens is 2. The number of amides is 1. The van der Waals surface area contributed by atoms with Gasteiger partial charge in [0.1, 0.15) is 11.4 Å². The lowest BCUT2D eigenvalue weighted by atomic mass is 10.2. The minimum absolute atomic E-state index is 0.417. The molecule has 1 rings (SSSR count). The first kappa shape index (κ1) is 20.6. The summed E-state index contributed by atoms with van der Waals surface area (Å²) in [7, 11) is 0. The van der Waals surface area contributed by atoms with Crippen molar-refractivity contribution >= 4 is 18.4 Å². The molecule has 0 saturated heterocycles. The van der Waals surface area contributed by atoms with Gasteiger partial charge in [-0.05, 0) is 34.6 Å². The van der Waals surface area contributed by atoms with Crippen molar-refractivity contribution in [1.82, 2.24) is 15.3 Å². The quantitative estimate of drug-likeness (QED) is 0.608. The number of aryl methyl sites for hydroxylation is 1. The molecule has 0 spiro atoms. The predicted octanol–water partition coefficient (Wildman–Crippen LogP) is 1.90. The Morgan fingerprint density at radius 1 is 1.30 bits per heavy atom. The molecule has 130 valence electrons. The lowest BCUT2D eigenvalue weighted by Crippen LogP contribution is -2.35. The molecule has 0 atom stereocenters. The van der Waals surface area contributed by atoms with E-state index in [1.54, 1.807) is 19.3 Å². The standard InChI is InChI=1S/C12H20N4O2.C3H6O2/c1-9-7-13-8-10(16-9)14-5-6-15-11(17)18-12(2,3)4;1-2-5-3-4/h7-8H,5-6H2,1-4H3,(H,14,16)(H,15,17);3H,2H2,1H3. The van der Waals surface area contributed by atoms with E-state index in [2.05, 4.69) is 25.3 Å². The molecule has 0 saturated carbocycles. The van der Waals surface area contributed by atoms with Gasteiger partial charge in [0.15, 0.2) is 0 Å². The van der Waals surface area contributed by atoms with Crippen LogP contribution in [-0.4, -0.2) is 47.8 Å². The number of alkyl carbamates (subject to hydrolysis) is 1. The van der Waals surface area contributed by atoms with E-state index >= 15 is 0 Å². The zero-order valence-corrected chi connectivity index (χ0v) is 14.4. The summed E-state index contributed by atoms with van der Waals surface area (Å²) in [6, 6.07) is 0. The first-order chi connectivity index (χ1) is 10.8. The van der Waals surface area contributed by atoms with Gasteiger partial charge >= 0.3 is 6.09 Å². The summed E-state index contributed by atoms with van der Waals surface area (Å²) in [6.07, 6.45) is 2.91. The third-order valence-corrected chi connectivity index (χ3v) is 2.09. The average Bonchev–Trinajstić information content (AvgIpc) is 2.43. The van der Waals surface area contributed by atoms with Crippen molar-refractivity contribution in [1.29, 1.82) is 0 Å². The van der Waals surface area contributed by atoms with E-state index in [-0.39, 0.29) is 0 Å². The largest absolute Gasteiger partial charge is 0.468 e. The molecule has 8 nitrogen and oxygen atoms in total. The van der Waals surface area contributed by atoms with Crippen LogP contribution in [0, 0.1) is 6.92 Å². The number of hydrogen-bond donors (Lipinski definition) is 2. The topological polar surface area (TPSA) is 102 Å². The Labute approximate surface area is 137 Å². The Morgan fingerprint density at radius 3 is 2.48 bits per heavy atom. The van der Waals surface area contributed by atoms with Crippen LogP contribution in [0.4, 0.5) is 10.6 Å². The fraction of sp³-hybridized carbons (Fsp3) is 0.600. The van der Waals surface area contributed by atoms with Crippen LogP contribution < -0.4 is 10.6 Å². The number of nitrogens with zero attached hydrogens (tertiary/aromatic N) is 2. The molecule has 0 bridgehead atoms. The molecule has 1 aromatic heterocycles. The van der Waals surface area contributed by atoms with Crippen LogP contribution in [0.5, 0.6) is 0 Å². The molecule has 1 heterocycles. The smallest absolute Gasteiger partial charge is 0.407 e.